The molecule has 1 aliphatic rings. The van der Waals surface area contributed by atoms with Crippen LogP contribution >= 0.6 is 0 Å². The SMILES string of the molecule is CC(=O)NC[C@H]1CN(c2ccc(-c3ccc(C(CO)NCc4cocn4)cc3)c(F)c2)C(=O)O1. The van der Waals surface area contributed by atoms with Gasteiger partial charge in [-0.1, -0.05) is 24.3 Å². The molecule has 2 atom stereocenters. The van der Waals surface area contributed by atoms with E-state index in [0.29, 0.717) is 23.4 Å². The van der Waals surface area contributed by atoms with Crippen LogP contribution in [0.5, 0.6) is 0 Å². The smallest absolute Gasteiger partial charge is 0.414 e. The van der Waals surface area contributed by atoms with Crippen LogP contribution in [0, 0.1) is 5.82 Å². The van der Waals surface area contributed by atoms with Gasteiger partial charge in [0.25, 0.3) is 0 Å². The maximum atomic E-state index is 15.0. The Hall–Kier alpha value is -3.76. The summed E-state index contributed by atoms with van der Waals surface area (Å²) in [5.74, 6) is -0.696. The molecule has 1 fully saturated rings. The molecule has 9 nitrogen and oxygen atoms in total. The first-order valence-corrected chi connectivity index (χ1v) is 10.8. The molecular weight excluding hydrogens is 443 g/mol. The molecule has 178 valence electrons. The number of ether oxygens (including phenoxy) is 1. The van der Waals surface area contributed by atoms with Crippen LogP contribution in [0.2, 0.25) is 0 Å². The van der Waals surface area contributed by atoms with Crippen LogP contribution in [0.25, 0.3) is 11.1 Å². The van der Waals surface area contributed by atoms with Gasteiger partial charge < -0.3 is 24.9 Å². The van der Waals surface area contributed by atoms with E-state index in [9.17, 15) is 19.1 Å². The largest absolute Gasteiger partial charge is 0.451 e. The molecule has 0 aliphatic carbocycles. The standard InChI is InChI=1S/C24H25FN4O5/c1-15(31)26-10-20-11-29(24(32)34-20)19-6-7-21(22(25)8-19)16-2-4-17(5-3-16)23(12-30)27-9-18-13-33-14-28-18/h2-8,13-14,20,23,27,30H,9-12H2,1H3,(H,26,31)/t20-,23?/m0/s1. The Morgan fingerprint density at radius 1 is 1.29 bits per heavy atom. The summed E-state index contributed by atoms with van der Waals surface area (Å²) in [7, 11) is 0. The Balaban J connectivity index is 1.43. The van der Waals surface area contributed by atoms with Crippen LogP contribution in [0.15, 0.2) is 59.5 Å². The highest BCUT2D eigenvalue weighted by Gasteiger charge is 2.32. The second kappa shape index (κ2) is 10.4. The number of aliphatic hydroxyl groups is 1. The highest BCUT2D eigenvalue weighted by Crippen LogP contribution is 2.30. The monoisotopic (exact) mass is 468 g/mol. The second-order valence-electron chi connectivity index (χ2n) is 7.94. The fraction of sp³-hybridized carbons (Fsp3) is 0.292. The van der Waals surface area contributed by atoms with Gasteiger partial charge in [0.2, 0.25) is 5.91 Å². The molecule has 10 heteroatoms. The first-order chi connectivity index (χ1) is 16.4. The molecule has 0 radical (unpaired) electrons. The minimum absolute atomic E-state index is 0.116. The van der Waals surface area contributed by atoms with Crippen LogP contribution in [0.1, 0.15) is 24.2 Å². The third-order valence-corrected chi connectivity index (χ3v) is 5.54. The second-order valence-corrected chi connectivity index (χ2v) is 7.94. The molecule has 2 amide bonds. The molecule has 2 aromatic carbocycles. The summed E-state index contributed by atoms with van der Waals surface area (Å²) in [5.41, 5.74) is 2.99. The van der Waals surface area contributed by atoms with Crippen molar-refractivity contribution in [2.24, 2.45) is 0 Å². The number of anilines is 1. The highest BCUT2D eigenvalue weighted by molar-refractivity contribution is 5.90. The molecule has 0 spiro atoms. The normalized spacial score (nSPS) is 16.4. The predicted molar refractivity (Wildman–Crippen MR) is 121 cm³/mol. The van der Waals surface area contributed by atoms with Crippen molar-refractivity contribution in [2.45, 2.75) is 25.6 Å². The Kier molecular flexibility index (Phi) is 7.19. The van der Waals surface area contributed by atoms with Gasteiger partial charge in [0, 0.05) is 19.0 Å². The molecule has 2 heterocycles. The summed E-state index contributed by atoms with van der Waals surface area (Å²) in [6.45, 7) is 2.12. The lowest BCUT2D eigenvalue weighted by Crippen LogP contribution is -2.33. The van der Waals surface area contributed by atoms with Gasteiger partial charge in [-0.05, 0) is 29.3 Å². The Bertz CT molecular complexity index is 1140. The molecule has 3 N–H and O–H groups in total. The zero-order chi connectivity index (χ0) is 24.1. The minimum atomic E-state index is -0.583. The Morgan fingerprint density at radius 2 is 2.09 bits per heavy atom. The van der Waals surface area contributed by atoms with Gasteiger partial charge in [-0.3, -0.25) is 9.69 Å². The first kappa shape index (κ1) is 23.4. The molecule has 0 bridgehead atoms. The van der Waals surface area contributed by atoms with Crippen molar-refractivity contribution in [1.29, 1.82) is 0 Å². The summed E-state index contributed by atoms with van der Waals surface area (Å²) in [6.07, 6.45) is 1.79. The van der Waals surface area contributed by atoms with Gasteiger partial charge in [0.15, 0.2) is 6.39 Å². The highest BCUT2D eigenvalue weighted by atomic mass is 19.1. The lowest BCUT2D eigenvalue weighted by atomic mass is 10.00. The molecule has 1 aromatic heterocycles. The number of hydrogen-bond donors (Lipinski definition) is 3. The molecule has 4 rings (SSSR count). The van der Waals surface area contributed by atoms with E-state index in [1.54, 1.807) is 24.3 Å². The molecule has 0 saturated carbocycles. The Labute approximate surface area is 195 Å². The summed E-state index contributed by atoms with van der Waals surface area (Å²) in [4.78, 5) is 28.6. The third-order valence-electron chi connectivity index (χ3n) is 5.54. The number of carbonyl (C=O) groups excluding carboxylic acids is 2. The van der Waals surface area contributed by atoms with Gasteiger partial charge in [-0.15, -0.1) is 0 Å². The van der Waals surface area contributed by atoms with Crippen molar-refractivity contribution in [3.8, 4) is 11.1 Å². The third kappa shape index (κ3) is 5.41. The lowest BCUT2D eigenvalue weighted by molar-refractivity contribution is -0.119. The van der Waals surface area contributed by atoms with Crippen LogP contribution in [-0.2, 0) is 16.1 Å². The number of aromatic nitrogens is 1. The fourth-order valence-corrected chi connectivity index (χ4v) is 3.74. The molecule has 34 heavy (non-hydrogen) atoms. The maximum absolute atomic E-state index is 15.0. The molecular formula is C24H25FN4O5. The van der Waals surface area contributed by atoms with Crippen LogP contribution in [0.4, 0.5) is 14.9 Å². The van der Waals surface area contributed by atoms with E-state index in [2.05, 4.69) is 15.6 Å². The summed E-state index contributed by atoms with van der Waals surface area (Å²) in [6, 6.07) is 11.5. The maximum Gasteiger partial charge on any atom is 0.414 e. The number of rotatable bonds is 9. The van der Waals surface area contributed by atoms with Crippen molar-refractivity contribution >= 4 is 17.7 Å². The van der Waals surface area contributed by atoms with E-state index in [0.717, 1.165) is 11.3 Å². The number of oxazole rings is 1. The molecule has 3 aromatic rings. The summed E-state index contributed by atoms with van der Waals surface area (Å²) in [5, 5.41) is 15.6. The fourth-order valence-electron chi connectivity index (χ4n) is 3.74. The zero-order valence-corrected chi connectivity index (χ0v) is 18.5. The molecule has 1 saturated heterocycles. The van der Waals surface area contributed by atoms with Crippen molar-refractivity contribution in [1.82, 2.24) is 15.6 Å². The first-order valence-electron chi connectivity index (χ1n) is 10.8. The van der Waals surface area contributed by atoms with Crippen molar-refractivity contribution in [2.75, 3.05) is 24.6 Å². The van der Waals surface area contributed by atoms with Gasteiger partial charge in [-0.25, -0.2) is 14.2 Å². The zero-order valence-electron chi connectivity index (χ0n) is 18.5. The number of nitrogens with zero attached hydrogens (tertiary/aromatic N) is 2. The number of carbonyl (C=O) groups is 2. The summed E-state index contributed by atoms with van der Waals surface area (Å²) < 4.78 is 25.1. The molecule has 1 aliphatic heterocycles. The number of amides is 2. The average Bonchev–Trinajstić information content (AvgIpc) is 3.48. The number of nitrogens with one attached hydrogen (secondary N) is 2. The van der Waals surface area contributed by atoms with Crippen molar-refractivity contribution in [3.63, 3.8) is 0 Å². The lowest BCUT2D eigenvalue weighted by Gasteiger charge is -2.17. The van der Waals surface area contributed by atoms with E-state index in [1.165, 1.54) is 30.5 Å². The molecule has 1 unspecified atom stereocenters. The predicted octanol–water partition coefficient (Wildman–Crippen LogP) is 2.77. The van der Waals surface area contributed by atoms with Crippen molar-refractivity contribution in [3.05, 3.63) is 72.2 Å². The van der Waals surface area contributed by atoms with E-state index >= 15 is 0 Å². The van der Waals surface area contributed by atoms with Crippen LogP contribution < -0.4 is 15.5 Å². The Morgan fingerprint density at radius 3 is 2.74 bits per heavy atom. The quantitative estimate of drug-likeness (QED) is 0.442. The topological polar surface area (TPSA) is 117 Å². The van der Waals surface area contributed by atoms with E-state index in [4.69, 9.17) is 9.15 Å². The van der Waals surface area contributed by atoms with Crippen LogP contribution in [-0.4, -0.2) is 47.9 Å². The van der Waals surface area contributed by atoms with Gasteiger partial charge in [0.05, 0.1) is 37.1 Å². The summed E-state index contributed by atoms with van der Waals surface area (Å²) >= 11 is 0. The number of cyclic esters (lactones) is 1. The number of benzene rings is 2. The van der Waals surface area contributed by atoms with E-state index in [-0.39, 0.29) is 31.6 Å². The number of aliphatic hydroxyl groups excluding tert-OH is 1. The van der Waals surface area contributed by atoms with Gasteiger partial charge in [-0.2, -0.15) is 0 Å². The van der Waals surface area contributed by atoms with E-state index in [1.807, 2.05) is 12.1 Å². The van der Waals surface area contributed by atoms with Crippen LogP contribution in [0.3, 0.4) is 0 Å². The van der Waals surface area contributed by atoms with Gasteiger partial charge >= 0.3 is 6.09 Å². The number of hydrogen-bond acceptors (Lipinski definition) is 7. The van der Waals surface area contributed by atoms with Gasteiger partial charge in [0.1, 0.15) is 18.2 Å². The minimum Gasteiger partial charge on any atom is -0.451 e. The average molecular weight is 468 g/mol. The van der Waals surface area contributed by atoms with Crippen molar-refractivity contribution < 1.29 is 28.2 Å². The van der Waals surface area contributed by atoms with E-state index < -0.39 is 18.0 Å². The number of halogens is 1.